The van der Waals surface area contributed by atoms with Crippen LogP contribution in [0.2, 0.25) is 0 Å². The Morgan fingerprint density at radius 3 is 2.81 bits per heavy atom. The van der Waals surface area contributed by atoms with Crippen LogP contribution in [0.15, 0.2) is 12.4 Å². The summed E-state index contributed by atoms with van der Waals surface area (Å²) in [6.45, 7) is 6.45. The van der Waals surface area contributed by atoms with E-state index in [-0.39, 0.29) is 0 Å². The van der Waals surface area contributed by atoms with Gasteiger partial charge in [-0.25, -0.2) is 4.98 Å². The first kappa shape index (κ1) is 12.9. The van der Waals surface area contributed by atoms with Crippen molar-refractivity contribution >= 4 is 0 Å². The van der Waals surface area contributed by atoms with Crippen LogP contribution in [0.4, 0.5) is 0 Å². The predicted octanol–water partition coefficient (Wildman–Crippen LogP) is 1.66. The van der Waals surface area contributed by atoms with E-state index in [0.717, 1.165) is 25.2 Å². The van der Waals surface area contributed by atoms with E-state index in [0.29, 0.717) is 11.8 Å². The number of aromatic nitrogens is 2. The zero-order valence-electron chi connectivity index (χ0n) is 10.4. The van der Waals surface area contributed by atoms with E-state index in [2.05, 4.69) is 29.1 Å². The fourth-order valence-corrected chi connectivity index (χ4v) is 1.59. The number of hydrogen-bond donors (Lipinski definition) is 1. The maximum atomic E-state index is 5.18. The maximum Gasteiger partial charge on any atom is 0.235 e. The van der Waals surface area contributed by atoms with Gasteiger partial charge in [0.2, 0.25) is 5.88 Å². The van der Waals surface area contributed by atoms with E-state index in [1.165, 1.54) is 6.42 Å². The average Bonchev–Trinajstić information content (AvgIpc) is 2.30. The molecule has 0 saturated carbocycles. The highest BCUT2D eigenvalue weighted by Crippen LogP contribution is 2.14. The van der Waals surface area contributed by atoms with Crippen LogP contribution in [-0.2, 0) is 6.42 Å². The lowest BCUT2D eigenvalue weighted by Gasteiger charge is -2.12. The Labute approximate surface area is 97.5 Å². The van der Waals surface area contributed by atoms with Crippen molar-refractivity contribution in [1.29, 1.82) is 0 Å². The molecule has 0 saturated heterocycles. The Hall–Kier alpha value is -1.16. The number of ether oxygens (including phenoxy) is 1. The molecular weight excluding hydrogens is 202 g/mol. The van der Waals surface area contributed by atoms with Gasteiger partial charge < -0.3 is 10.1 Å². The first-order valence-corrected chi connectivity index (χ1v) is 5.82. The number of hydrogen-bond acceptors (Lipinski definition) is 4. The van der Waals surface area contributed by atoms with Crippen LogP contribution >= 0.6 is 0 Å². The quantitative estimate of drug-likeness (QED) is 0.714. The van der Waals surface area contributed by atoms with Crippen LogP contribution in [0.5, 0.6) is 5.88 Å². The molecule has 1 aromatic heterocycles. The molecule has 1 heterocycles. The number of methoxy groups -OCH3 is 1. The SMILES string of the molecule is CCCNCC(C)Cc1nccnc1OC. The molecule has 4 heteroatoms. The molecule has 0 fully saturated rings. The lowest BCUT2D eigenvalue weighted by molar-refractivity contribution is 0.383. The molecule has 0 spiro atoms. The highest BCUT2D eigenvalue weighted by Gasteiger charge is 2.09. The van der Waals surface area contributed by atoms with Crippen molar-refractivity contribution in [1.82, 2.24) is 15.3 Å². The summed E-state index contributed by atoms with van der Waals surface area (Å²) in [6, 6.07) is 0. The molecule has 0 aliphatic rings. The fourth-order valence-electron chi connectivity index (χ4n) is 1.59. The predicted molar refractivity (Wildman–Crippen MR) is 64.6 cm³/mol. The molecule has 0 aliphatic heterocycles. The molecule has 0 bridgehead atoms. The second kappa shape index (κ2) is 7.17. The van der Waals surface area contributed by atoms with Gasteiger partial charge in [0.15, 0.2) is 0 Å². The molecule has 1 aromatic rings. The lowest BCUT2D eigenvalue weighted by Crippen LogP contribution is -2.23. The normalized spacial score (nSPS) is 12.4. The molecule has 16 heavy (non-hydrogen) atoms. The monoisotopic (exact) mass is 223 g/mol. The molecule has 0 radical (unpaired) electrons. The van der Waals surface area contributed by atoms with Crippen molar-refractivity contribution in [3.8, 4) is 5.88 Å². The summed E-state index contributed by atoms with van der Waals surface area (Å²) in [5.74, 6) is 1.18. The highest BCUT2D eigenvalue weighted by atomic mass is 16.5. The Morgan fingerprint density at radius 2 is 2.12 bits per heavy atom. The molecular formula is C12H21N3O. The topological polar surface area (TPSA) is 47.0 Å². The van der Waals surface area contributed by atoms with Gasteiger partial charge in [-0.1, -0.05) is 13.8 Å². The average molecular weight is 223 g/mol. The van der Waals surface area contributed by atoms with Crippen LogP contribution in [-0.4, -0.2) is 30.2 Å². The van der Waals surface area contributed by atoms with Gasteiger partial charge in [0.05, 0.1) is 7.11 Å². The van der Waals surface area contributed by atoms with Gasteiger partial charge in [-0.05, 0) is 31.8 Å². The standard InChI is InChI=1S/C12H21N3O/c1-4-5-13-9-10(2)8-11-12(16-3)15-7-6-14-11/h6-7,10,13H,4-5,8-9H2,1-3H3. The minimum absolute atomic E-state index is 0.539. The summed E-state index contributed by atoms with van der Waals surface area (Å²) in [5, 5.41) is 3.40. The third-order valence-electron chi connectivity index (χ3n) is 2.39. The summed E-state index contributed by atoms with van der Waals surface area (Å²) < 4.78 is 5.18. The van der Waals surface area contributed by atoms with Crippen LogP contribution in [0.25, 0.3) is 0 Å². The van der Waals surface area contributed by atoms with E-state index < -0.39 is 0 Å². The van der Waals surface area contributed by atoms with Gasteiger partial charge >= 0.3 is 0 Å². The van der Waals surface area contributed by atoms with E-state index >= 15 is 0 Å². The Balaban J connectivity index is 2.45. The summed E-state index contributed by atoms with van der Waals surface area (Å²) in [4.78, 5) is 8.44. The van der Waals surface area contributed by atoms with Crippen LogP contribution < -0.4 is 10.1 Å². The van der Waals surface area contributed by atoms with E-state index in [4.69, 9.17) is 4.74 Å². The molecule has 0 aromatic carbocycles. The van der Waals surface area contributed by atoms with E-state index in [9.17, 15) is 0 Å². The van der Waals surface area contributed by atoms with Crippen LogP contribution in [0, 0.1) is 5.92 Å². The molecule has 0 amide bonds. The Morgan fingerprint density at radius 1 is 1.38 bits per heavy atom. The Kier molecular flexibility index (Phi) is 5.78. The molecule has 4 nitrogen and oxygen atoms in total. The van der Waals surface area contributed by atoms with E-state index in [1.807, 2.05) is 0 Å². The minimum Gasteiger partial charge on any atom is -0.480 e. The second-order valence-electron chi connectivity index (χ2n) is 4.03. The summed E-state index contributed by atoms with van der Waals surface area (Å²) in [7, 11) is 1.63. The fraction of sp³-hybridized carbons (Fsp3) is 0.667. The Bertz CT molecular complexity index is 304. The third kappa shape index (κ3) is 4.14. The number of nitrogens with zero attached hydrogens (tertiary/aromatic N) is 2. The molecule has 1 unspecified atom stereocenters. The van der Waals surface area contributed by atoms with Gasteiger partial charge in [-0.15, -0.1) is 0 Å². The van der Waals surface area contributed by atoms with Crippen molar-refractivity contribution in [3.05, 3.63) is 18.1 Å². The van der Waals surface area contributed by atoms with Gasteiger partial charge in [-0.2, -0.15) is 0 Å². The summed E-state index contributed by atoms with van der Waals surface area (Å²) in [6.07, 6.45) is 5.43. The van der Waals surface area contributed by atoms with Gasteiger partial charge in [0, 0.05) is 12.4 Å². The summed E-state index contributed by atoms with van der Waals surface area (Å²) in [5.41, 5.74) is 0.941. The lowest BCUT2D eigenvalue weighted by atomic mass is 10.1. The highest BCUT2D eigenvalue weighted by molar-refractivity contribution is 5.17. The number of rotatable bonds is 7. The summed E-state index contributed by atoms with van der Waals surface area (Å²) >= 11 is 0. The van der Waals surface area contributed by atoms with Crippen molar-refractivity contribution in [2.75, 3.05) is 20.2 Å². The number of nitrogens with one attached hydrogen (secondary N) is 1. The largest absolute Gasteiger partial charge is 0.480 e. The van der Waals surface area contributed by atoms with E-state index in [1.54, 1.807) is 19.5 Å². The van der Waals surface area contributed by atoms with Gasteiger partial charge in [-0.3, -0.25) is 4.98 Å². The van der Waals surface area contributed by atoms with Crippen molar-refractivity contribution in [3.63, 3.8) is 0 Å². The van der Waals surface area contributed by atoms with Crippen molar-refractivity contribution in [2.24, 2.45) is 5.92 Å². The third-order valence-corrected chi connectivity index (χ3v) is 2.39. The molecule has 0 aliphatic carbocycles. The molecule has 90 valence electrons. The molecule has 1 atom stereocenters. The van der Waals surface area contributed by atoms with Gasteiger partial charge in [0.25, 0.3) is 0 Å². The minimum atomic E-state index is 0.539. The molecule has 1 rings (SSSR count). The zero-order chi connectivity index (χ0) is 11.8. The van der Waals surface area contributed by atoms with Crippen LogP contribution in [0.1, 0.15) is 26.0 Å². The first-order valence-electron chi connectivity index (χ1n) is 5.82. The molecule has 1 N–H and O–H groups in total. The maximum absolute atomic E-state index is 5.18. The van der Waals surface area contributed by atoms with Crippen LogP contribution in [0.3, 0.4) is 0 Å². The smallest absolute Gasteiger partial charge is 0.235 e. The first-order chi connectivity index (χ1) is 7.77. The second-order valence-corrected chi connectivity index (χ2v) is 4.03. The van der Waals surface area contributed by atoms with Gasteiger partial charge in [0.1, 0.15) is 5.69 Å². The van der Waals surface area contributed by atoms with Crippen molar-refractivity contribution in [2.45, 2.75) is 26.7 Å². The van der Waals surface area contributed by atoms with Crippen molar-refractivity contribution < 1.29 is 4.74 Å². The zero-order valence-corrected chi connectivity index (χ0v) is 10.4.